The molecule has 0 atom stereocenters. The molecular formula is C18H19N4O3P. The number of hydrogen-bond donors (Lipinski definition) is 0. The van der Waals surface area contributed by atoms with Crippen LogP contribution in [0.5, 0.6) is 0 Å². The van der Waals surface area contributed by atoms with Gasteiger partial charge in [-0.15, -0.1) is 10.2 Å². The first-order chi connectivity index (χ1) is 12.6. The van der Waals surface area contributed by atoms with Gasteiger partial charge < -0.3 is 9.05 Å². The number of benzene rings is 2. The molecule has 2 aromatic heterocycles. The van der Waals surface area contributed by atoms with Gasteiger partial charge in [0.05, 0.1) is 30.4 Å². The highest BCUT2D eigenvalue weighted by Crippen LogP contribution is 2.51. The molecule has 8 heteroatoms. The van der Waals surface area contributed by atoms with Gasteiger partial charge in [-0.3, -0.25) is 13.9 Å². The summed E-state index contributed by atoms with van der Waals surface area (Å²) in [5.41, 5.74) is 2.31. The average molecular weight is 370 g/mol. The fraction of sp³-hybridized carbons (Fsp3) is 0.278. The topological polar surface area (TPSA) is 78.6 Å². The van der Waals surface area contributed by atoms with Crippen LogP contribution in [0.4, 0.5) is 0 Å². The molecule has 0 N–H and O–H groups in total. The van der Waals surface area contributed by atoms with Crippen LogP contribution in [0.25, 0.3) is 27.5 Å². The van der Waals surface area contributed by atoms with E-state index in [4.69, 9.17) is 9.05 Å². The first-order valence-electron chi connectivity index (χ1n) is 8.54. The lowest BCUT2D eigenvalue weighted by Gasteiger charge is -2.16. The lowest BCUT2D eigenvalue weighted by molar-refractivity contribution is 0.218. The van der Waals surface area contributed by atoms with Gasteiger partial charge in [-0.05, 0) is 25.3 Å². The number of fused-ring (bicyclic) bond motifs is 5. The maximum Gasteiger partial charge on any atom is 0.338 e. The predicted molar refractivity (Wildman–Crippen MR) is 100 cm³/mol. The molecule has 2 aromatic carbocycles. The van der Waals surface area contributed by atoms with Crippen LogP contribution in [0, 0.1) is 0 Å². The Labute approximate surface area is 150 Å². The Morgan fingerprint density at radius 1 is 1.04 bits per heavy atom. The van der Waals surface area contributed by atoms with E-state index in [2.05, 4.69) is 15.2 Å². The van der Waals surface area contributed by atoms with E-state index < -0.39 is 7.60 Å². The van der Waals surface area contributed by atoms with Crippen LogP contribution < -0.4 is 0 Å². The third kappa shape index (κ3) is 2.88. The van der Waals surface area contributed by atoms with E-state index in [-0.39, 0.29) is 6.16 Å². The lowest BCUT2D eigenvalue weighted by Crippen LogP contribution is -2.03. The fourth-order valence-electron chi connectivity index (χ4n) is 3.16. The van der Waals surface area contributed by atoms with Crippen molar-refractivity contribution in [1.29, 1.82) is 0 Å². The molecule has 4 aromatic rings. The van der Waals surface area contributed by atoms with Crippen molar-refractivity contribution in [2.24, 2.45) is 0 Å². The molecule has 0 spiro atoms. The van der Waals surface area contributed by atoms with Crippen LogP contribution in [0.1, 0.15) is 19.7 Å². The number of hydrogen-bond acceptors (Lipinski definition) is 6. The van der Waals surface area contributed by atoms with E-state index in [0.717, 1.165) is 21.8 Å². The third-order valence-corrected chi connectivity index (χ3v) is 6.14. The monoisotopic (exact) mass is 370 g/mol. The summed E-state index contributed by atoms with van der Waals surface area (Å²) in [4.78, 5) is 4.57. The van der Waals surface area contributed by atoms with Gasteiger partial charge in [0, 0.05) is 5.39 Å². The average Bonchev–Trinajstić information content (AvgIpc) is 3.04. The second kappa shape index (κ2) is 6.76. The molecule has 26 heavy (non-hydrogen) atoms. The molecule has 0 saturated carbocycles. The minimum atomic E-state index is -3.28. The molecule has 4 rings (SSSR count). The van der Waals surface area contributed by atoms with E-state index in [9.17, 15) is 4.57 Å². The van der Waals surface area contributed by atoms with Crippen molar-refractivity contribution in [2.45, 2.75) is 20.0 Å². The molecule has 0 fully saturated rings. The molecule has 0 radical (unpaired) electrons. The van der Waals surface area contributed by atoms with Crippen LogP contribution in [-0.4, -0.2) is 32.8 Å². The van der Waals surface area contributed by atoms with Gasteiger partial charge in [-0.1, -0.05) is 30.3 Å². The van der Waals surface area contributed by atoms with Crippen LogP contribution in [-0.2, 0) is 19.8 Å². The minimum absolute atomic E-state index is 0.0573. The minimum Gasteiger partial charge on any atom is -0.309 e. The zero-order valence-electron chi connectivity index (χ0n) is 14.6. The maximum absolute atomic E-state index is 12.9. The molecule has 0 saturated heterocycles. The molecular weight excluding hydrogens is 351 g/mol. The van der Waals surface area contributed by atoms with Crippen molar-refractivity contribution in [1.82, 2.24) is 19.6 Å². The fourth-order valence-corrected chi connectivity index (χ4v) is 4.75. The van der Waals surface area contributed by atoms with E-state index in [1.165, 1.54) is 0 Å². The molecule has 2 heterocycles. The van der Waals surface area contributed by atoms with E-state index in [1.54, 1.807) is 20.0 Å². The molecule has 0 aliphatic rings. The third-order valence-electron chi connectivity index (χ3n) is 4.17. The summed E-state index contributed by atoms with van der Waals surface area (Å²) >= 11 is 0. The van der Waals surface area contributed by atoms with Gasteiger partial charge in [0.1, 0.15) is 12.0 Å². The van der Waals surface area contributed by atoms with Crippen LogP contribution >= 0.6 is 7.60 Å². The van der Waals surface area contributed by atoms with Crippen molar-refractivity contribution >= 4 is 35.0 Å². The second-order valence-corrected chi connectivity index (χ2v) is 7.88. The highest BCUT2D eigenvalue weighted by Gasteiger charge is 2.27. The van der Waals surface area contributed by atoms with Crippen LogP contribution in [0.15, 0.2) is 42.6 Å². The van der Waals surface area contributed by atoms with Crippen molar-refractivity contribution in [3.63, 3.8) is 0 Å². The van der Waals surface area contributed by atoms with Gasteiger partial charge in [0.2, 0.25) is 0 Å². The Hall–Kier alpha value is -2.34. The van der Waals surface area contributed by atoms with Crippen molar-refractivity contribution in [2.75, 3.05) is 13.2 Å². The Morgan fingerprint density at radius 2 is 1.81 bits per heavy atom. The quantitative estimate of drug-likeness (QED) is 0.374. The lowest BCUT2D eigenvalue weighted by atomic mass is 10.1. The molecule has 7 nitrogen and oxygen atoms in total. The first kappa shape index (κ1) is 17.1. The summed E-state index contributed by atoms with van der Waals surface area (Å²) in [5, 5.41) is 10.5. The zero-order chi connectivity index (χ0) is 18.1. The Balaban J connectivity index is 1.92. The highest BCUT2D eigenvalue weighted by molar-refractivity contribution is 7.53. The van der Waals surface area contributed by atoms with E-state index >= 15 is 0 Å². The summed E-state index contributed by atoms with van der Waals surface area (Å²) in [6, 6.07) is 12.1. The molecule has 0 unspecified atom stereocenters. The summed E-state index contributed by atoms with van der Waals surface area (Å²) < 4.78 is 25.6. The summed E-state index contributed by atoms with van der Waals surface area (Å²) in [5.74, 6) is 0.535. The highest BCUT2D eigenvalue weighted by atomic mass is 31.2. The SMILES string of the molecule is CCOP(=O)(Cc1nnc2cnc3c4ccccc4ccc3n12)OCC. The Bertz CT molecular complexity index is 1130. The number of nitrogens with zero attached hydrogens (tertiary/aromatic N) is 4. The molecule has 134 valence electrons. The Morgan fingerprint density at radius 3 is 2.58 bits per heavy atom. The van der Waals surface area contributed by atoms with Crippen LogP contribution in [0.3, 0.4) is 0 Å². The van der Waals surface area contributed by atoms with E-state index in [0.29, 0.717) is 24.7 Å². The van der Waals surface area contributed by atoms with Gasteiger partial charge in [-0.2, -0.15) is 0 Å². The normalized spacial score (nSPS) is 12.4. The molecule has 0 aliphatic carbocycles. The predicted octanol–water partition coefficient (Wildman–Crippen LogP) is 4.20. The summed E-state index contributed by atoms with van der Waals surface area (Å²) in [6.45, 7) is 4.19. The van der Waals surface area contributed by atoms with Crippen molar-refractivity contribution in [3.05, 3.63) is 48.4 Å². The summed E-state index contributed by atoms with van der Waals surface area (Å²) in [6.07, 6.45) is 1.74. The van der Waals surface area contributed by atoms with Crippen LogP contribution in [0.2, 0.25) is 0 Å². The number of aromatic nitrogens is 4. The van der Waals surface area contributed by atoms with Gasteiger partial charge >= 0.3 is 7.60 Å². The first-order valence-corrected chi connectivity index (χ1v) is 10.3. The molecule has 0 aliphatic heterocycles. The standard InChI is InChI=1S/C18H19N4O3P/c1-3-24-26(23,25-4-2)12-17-21-20-16-11-19-18-14-8-6-5-7-13(14)9-10-15(18)22(16)17/h5-11H,3-4,12H2,1-2H3. The van der Waals surface area contributed by atoms with Crippen molar-refractivity contribution in [3.8, 4) is 0 Å². The van der Waals surface area contributed by atoms with Gasteiger partial charge in [0.25, 0.3) is 0 Å². The molecule has 0 amide bonds. The summed E-state index contributed by atoms with van der Waals surface area (Å²) in [7, 11) is -3.28. The Kier molecular flexibility index (Phi) is 4.44. The molecule has 0 bridgehead atoms. The van der Waals surface area contributed by atoms with Gasteiger partial charge in [-0.25, -0.2) is 0 Å². The second-order valence-electron chi connectivity index (χ2n) is 5.83. The maximum atomic E-state index is 12.9. The smallest absolute Gasteiger partial charge is 0.309 e. The number of rotatable bonds is 6. The zero-order valence-corrected chi connectivity index (χ0v) is 15.5. The van der Waals surface area contributed by atoms with Crippen molar-refractivity contribution < 1.29 is 13.6 Å². The van der Waals surface area contributed by atoms with Gasteiger partial charge in [0.15, 0.2) is 5.65 Å². The van der Waals surface area contributed by atoms with E-state index in [1.807, 2.05) is 40.8 Å². The largest absolute Gasteiger partial charge is 0.338 e.